The fourth-order valence-electron chi connectivity index (χ4n) is 3.27. The highest BCUT2D eigenvalue weighted by molar-refractivity contribution is 5.98. The lowest BCUT2D eigenvalue weighted by Gasteiger charge is -2.20. The largest absolute Gasteiger partial charge is 0.398 e. The highest BCUT2D eigenvalue weighted by Crippen LogP contribution is 2.35. The van der Waals surface area contributed by atoms with Crippen LogP contribution >= 0.6 is 0 Å². The Morgan fingerprint density at radius 1 is 0.700 bits per heavy atom. The summed E-state index contributed by atoms with van der Waals surface area (Å²) in [6.07, 6.45) is 6.95. The Bertz CT molecular complexity index is 584. The molecule has 0 heterocycles. The first-order valence-corrected chi connectivity index (χ1v) is 8.05. The van der Waals surface area contributed by atoms with Crippen LogP contribution in [0, 0.1) is 0 Å². The van der Waals surface area contributed by atoms with E-state index in [2.05, 4.69) is 45.0 Å². The first-order valence-electron chi connectivity index (χ1n) is 8.05. The fraction of sp³-hybridized carbons (Fsp3) is 0.474. The van der Waals surface area contributed by atoms with Gasteiger partial charge >= 0.3 is 0 Å². The first kappa shape index (κ1) is 14.9. The Morgan fingerprint density at radius 3 is 1.80 bits per heavy atom. The van der Waals surface area contributed by atoms with Gasteiger partial charge in [0.1, 0.15) is 0 Å². The lowest BCUT2D eigenvalue weighted by molar-refractivity contribution is 0.833. The van der Waals surface area contributed by atoms with Gasteiger partial charge in [0.2, 0.25) is 0 Å². The standard InChI is InChI=1S/C19H27N/c1-4-9-14-15(10-5-2)17(11-6-3)19(20)18-13-8-7-12-16(14)18/h7-8,12-13H,4-6,9-11,20H2,1-3H3. The molecule has 108 valence electrons. The van der Waals surface area contributed by atoms with Crippen LogP contribution in [0.1, 0.15) is 56.7 Å². The van der Waals surface area contributed by atoms with Crippen molar-refractivity contribution in [1.82, 2.24) is 0 Å². The number of benzene rings is 2. The molecule has 0 atom stereocenters. The van der Waals surface area contributed by atoms with Gasteiger partial charge in [0.15, 0.2) is 0 Å². The second-order valence-electron chi connectivity index (χ2n) is 5.64. The number of rotatable bonds is 6. The zero-order valence-corrected chi connectivity index (χ0v) is 13.1. The average Bonchev–Trinajstić information content (AvgIpc) is 2.47. The van der Waals surface area contributed by atoms with Crippen molar-refractivity contribution in [2.75, 3.05) is 5.73 Å². The molecule has 2 aromatic carbocycles. The molecular formula is C19H27N. The van der Waals surface area contributed by atoms with Crippen molar-refractivity contribution in [3.63, 3.8) is 0 Å². The maximum Gasteiger partial charge on any atom is 0.0429 e. The molecule has 0 spiro atoms. The summed E-state index contributed by atoms with van der Waals surface area (Å²) in [5, 5.41) is 2.62. The molecule has 20 heavy (non-hydrogen) atoms. The SMILES string of the molecule is CCCc1c(CCC)c(CCC)c2ccccc2c1N. The highest BCUT2D eigenvalue weighted by Gasteiger charge is 2.15. The zero-order chi connectivity index (χ0) is 14.5. The van der Waals surface area contributed by atoms with E-state index in [1.807, 2.05) is 0 Å². The third kappa shape index (κ3) is 2.67. The minimum Gasteiger partial charge on any atom is -0.398 e. The first-order chi connectivity index (χ1) is 9.74. The summed E-state index contributed by atoms with van der Waals surface area (Å²) < 4.78 is 0. The van der Waals surface area contributed by atoms with Gasteiger partial charge in [-0.25, -0.2) is 0 Å². The summed E-state index contributed by atoms with van der Waals surface area (Å²) in [4.78, 5) is 0. The molecule has 0 radical (unpaired) electrons. The molecule has 0 saturated heterocycles. The van der Waals surface area contributed by atoms with Crippen LogP contribution in [0.15, 0.2) is 24.3 Å². The van der Waals surface area contributed by atoms with Gasteiger partial charge in [0.05, 0.1) is 0 Å². The maximum absolute atomic E-state index is 6.50. The third-order valence-electron chi connectivity index (χ3n) is 4.10. The quantitative estimate of drug-likeness (QED) is 0.709. The molecule has 0 fully saturated rings. The average molecular weight is 269 g/mol. The predicted molar refractivity (Wildman–Crippen MR) is 90.3 cm³/mol. The molecule has 0 aliphatic carbocycles. The van der Waals surface area contributed by atoms with Crippen LogP contribution in [0.25, 0.3) is 10.8 Å². The second kappa shape index (κ2) is 6.78. The molecule has 1 heteroatoms. The van der Waals surface area contributed by atoms with Gasteiger partial charge in [-0.15, -0.1) is 0 Å². The van der Waals surface area contributed by atoms with Crippen molar-refractivity contribution in [2.24, 2.45) is 0 Å². The molecule has 2 aromatic rings. The summed E-state index contributed by atoms with van der Waals surface area (Å²) in [6.45, 7) is 6.76. The van der Waals surface area contributed by atoms with Crippen LogP contribution in [-0.4, -0.2) is 0 Å². The van der Waals surface area contributed by atoms with E-state index in [1.54, 1.807) is 5.56 Å². The minimum absolute atomic E-state index is 1.02. The Balaban J connectivity index is 2.78. The smallest absolute Gasteiger partial charge is 0.0429 e. The Morgan fingerprint density at radius 2 is 1.20 bits per heavy atom. The van der Waals surface area contributed by atoms with E-state index in [-0.39, 0.29) is 0 Å². The summed E-state index contributed by atoms with van der Waals surface area (Å²) in [7, 11) is 0. The van der Waals surface area contributed by atoms with Crippen molar-refractivity contribution in [3.8, 4) is 0 Å². The predicted octanol–water partition coefficient (Wildman–Crippen LogP) is 5.28. The monoisotopic (exact) mass is 269 g/mol. The van der Waals surface area contributed by atoms with E-state index in [9.17, 15) is 0 Å². The van der Waals surface area contributed by atoms with Gasteiger partial charge in [0.25, 0.3) is 0 Å². The Labute approximate surface area is 123 Å². The fourth-order valence-corrected chi connectivity index (χ4v) is 3.27. The van der Waals surface area contributed by atoms with Crippen molar-refractivity contribution in [2.45, 2.75) is 59.3 Å². The van der Waals surface area contributed by atoms with Crippen molar-refractivity contribution >= 4 is 16.5 Å². The number of nitrogen functional groups attached to an aromatic ring is 1. The topological polar surface area (TPSA) is 26.0 Å². The molecule has 2 N–H and O–H groups in total. The third-order valence-corrected chi connectivity index (χ3v) is 4.10. The molecule has 0 aliphatic rings. The number of aryl methyl sites for hydroxylation is 1. The van der Waals surface area contributed by atoms with E-state index in [1.165, 1.54) is 34.7 Å². The van der Waals surface area contributed by atoms with Crippen LogP contribution in [0.5, 0.6) is 0 Å². The molecule has 2 rings (SSSR count). The van der Waals surface area contributed by atoms with E-state index < -0.39 is 0 Å². The summed E-state index contributed by atoms with van der Waals surface area (Å²) in [6, 6.07) is 8.66. The van der Waals surface area contributed by atoms with Crippen LogP contribution in [0.2, 0.25) is 0 Å². The Hall–Kier alpha value is -1.50. The normalized spacial score (nSPS) is 11.2. The second-order valence-corrected chi connectivity index (χ2v) is 5.64. The van der Waals surface area contributed by atoms with Gasteiger partial charge in [-0.05, 0) is 41.3 Å². The molecule has 0 unspecified atom stereocenters. The molecular weight excluding hydrogens is 242 g/mol. The lowest BCUT2D eigenvalue weighted by atomic mass is 9.86. The van der Waals surface area contributed by atoms with E-state index in [4.69, 9.17) is 5.73 Å². The summed E-state index contributed by atoms with van der Waals surface area (Å²) >= 11 is 0. The number of anilines is 1. The van der Waals surface area contributed by atoms with Gasteiger partial charge in [-0.1, -0.05) is 64.3 Å². The molecule has 0 amide bonds. The number of nitrogens with two attached hydrogens (primary N) is 1. The summed E-state index contributed by atoms with van der Waals surface area (Å²) in [5.41, 5.74) is 12.0. The maximum atomic E-state index is 6.50. The molecule has 0 aliphatic heterocycles. The molecule has 1 nitrogen and oxygen atoms in total. The summed E-state index contributed by atoms with van der Waals surface area (Å²) in [5.74, 6) is 0. The van der Waals surface area contributed by atoms with Crippen LogP contribution in [-0.2, 0) is 19.3 Å². The number of hydrogen-bond donors (Lipinski definition) is 1. The molecule has 0 bridgehead atoms. The van der Waals surface area contributed by atoms with Gasteiger partial charge in [-0.3, -0.25) is 0 Å². The van der Waals surface area contributed by atoms with Crippen molar-refractivity contribution in [1.29, 1.82) is 0 Å². The number of fused-ring (bicyclic) bond motifs is 1. The van der Waals surface area contributed by atoms with Gasteiger partial charge < -0.3 is 5.73 Å². The van der Waals surface area contributed by atoms with Gasteiger partial charge in [0, 0.05) is 11.1 Å². The highest BCUT2D eigenvalue weighted by atomic mass is 14.6. The van der Waals surface area contributed by atoms with E-state index >= 15 is 0 Å². The van der Waals surface area contributed by atoms with Crippen LogP contribution in [0.3, 0.4) is 0 Å². The zero-order valence-electron chi connectivity index (χ0n) is 13.1. The lowest BCUT2D eigenvalue weighted by Crippen LogP contribution is -2.06. The number of hydrogen-bond acceptors (Lipinski definition) is 1. The molecule has 0 aromatic heterocycles. The van der Waals surface area contributed by atoms with Gasteiger partial charge in [-0.2, -0.15) is 0 Å². The van der Waals surface area contributed by atoms with E-state index in [0.29, 0.717) is 0 Å². The van der Waals surface area contributed by atoms with Crippen molar-refractivity contribution in [3.05, 3.63) is 41.0 Å². The Kier molecular flexibility index (Phi) is 5.05. The van der Waals surface area contributed by atoms with E-state index in [0.717, 1.165) is 31.4 Å². The minimum atomic E-state index is 1.02. The van der Waals surface area contributed by atoms with Crippen LogP contribution in [0.4, 0.5) is 5.69 Å². The van der Waals surface area contributed by atoms with Crippen molar-refractivity contribution < 1.29 is 0 Å². The molecule has 0 saturated carbocycles. The van der Waals surface area contributed by atoms with Crippen LogP contribution < -0.4 is 5.73 Å².